The minimum absolute atomic E-state index is 0.0966. The fourth-order valence-electron chi connectivity index (χ4n) is 4.52. The molecule has 1 heterocycles. The van der Waals surface area contributed by atoms with Gasteiger partial charge in [0.1, 0.15) is 0 Å². The summed E-state index contributed by atoms with van der Waals surface area (Å²) in [6.45, 7) is 0.645. The van der Waals surface area contributed by atoms with Gasteiger partial charge in [0.2, 0.25) is 17.7 Å². The van der Waals surface area contributed by atoms with Gasteiger partial charge in [0.25, 0.3) is 0 Å². The second kappa shape index (κ2) is 6.88. The Morgan fingerprint density at radius 2 is 1.77 bits per heavy atom. The van der Waals surface area contributed by atoms with Crippen molar-refractivity contribution in [2.24, 2.45) is 23.7 Å². The van der Waals surface area contributed by atoms with Crippen LogP contribution in [0.4, 0.5) is 0 Å². The molecule has 1 aliphatic heterocycles. The maximum absolute atomic E-state index is 12.6. The largest absolute Gasteiger partial charge is 0.356 e. The Bertz CT molecular complexity index is 761. The van der Waals surface area contributed by atoms with E-state index < -0.39 is 0 Å². The second-order valence-corrected chi connectivity index (χ2v) is 7.68. The van der Waals surface area contributed by atoms with Gasteiger partial charge in [0.15, 0.2) is 0 Å². The molecule has 136 valence electrons. The Balaban J connectivity index is 1.26. The van der Waals surface area contributed by atoms with Gasteiger partial charge in [-0.05, 0) is 36.3 Å². The number of imide groups is 1. The van der Waals surface area contributed by atoms with Crippen LogP contribution in [0.1, 0.15) is 18.4 Å². The number of rotatable bonds is 6. The molecule has 26 heavy (non-hydrogen) atoms. The van der Waals surface area contributed by atoms with Crippen LogP contribution in [0.15, 0.2) is 36.4 Å². The maximum Gasteiger partial charge on any atom is 0.233 e. The number of nitrogens with one attached hydrogen (secondary N) is 1. The average Bonchev–Trinajstić information content (AvgIpc) is 3.30. The van der Waals surface area contributed by atoms with Crippen LogP contribution < -0.4 is 5.32 Å². The van der Waals surface area contributed by atoms with E-state index in [-0.39, 0.29) is 54.4 Å². The van der Waals surface area contributed by atoms with E-state index in [9.17, 15) is 14.4 Å². The third-order valence-electron chi connectivity index (χ3n) is 5.80. The SMILES string of the molecule is O=C(CCN1C(=O)[C@H]2[C@H](C1=O)[C@H]1C=C[C@H]2C1)NCCc1ccccc1Cl. The summed E-state index contributed by atoms with van der Waals surface area (Å²) in [6, 6.07) is 7.53. The summed E-state index contributed by atoms with van der Waals surface area (Å²) in [5.74, 6) is -0.328. The van der Waals surface area contributed by atoms with Gasteiger partial charge in [-0.3, -0.25) is 19.3 Å². The molecule has 3 aliphatic rings. The van der Waals surface area contributed by atoms with Crippen molar-refractivity contribution in [3.63, 3.8) is 0 Å². The summed E-state index contributed by atoms with van der Waals surface area (Å²) in [5, 5.41) is 3.52. The standard InChI is InChI=1S/C20H21ClN2O3/c21-15-4-2-1-3-12(15)7-9-22-16(24)8-10-23-19(25)17-13-5-6-14(11-13)18(17)20(23)26/h1-6,13-14,17-18H,7-11H2,(H,22,24)/t13-,14-,17+,18+/m0/s1. The van der Waals surface area contributed by atoms with Crippen LogP contribution in [-0.4, -0.2) is 35.7 Å². The van der Waals surface area contributed by atoms with Gasteiger partial charge in [-0.25, -0.2) is 0 Å². The van der Waals surface area contributed by atoms with Gasteiger partial charge in [0.05, 0.1) is 11.8 Å². The first-order valence-corrected chi connectivity index (χ1v) is 9.47. The number of allylic oxidation sites excluding steroid dienone is 2. The summed E-state index contributed by atoms with van der Waals surface area (Å²) in [6.07, 6.45) is 5.85. The van der Waals surface area contributed by atoms with E-state index in [2.05, 4.69) is 17.5 Å². The van der Waals surface area contributed by atoms with Gasteiger partial charge in [-0.15, -0.1) is 0 Å². The van der Waals surface area contributed by atoms with Crippen LogP contribution >= 0.6 is 11.6 Å². The second-order valence-electron chi connectivity index (χ2n) is 7.27. The molecule has 2 bridgehead atoms. The van der Waals surface area contributed by atoms with Crippen molar-refractivity contribution < 1.29 is 14.4 Å². The van der Waals surface area contributed by atoms with E-state index in [4.69, 9.17) is 11.6 Å². The number of halogens is 1. The number of likely N-dealkylation sites (tertiary alicyclic amines) is 1. The average molecular weight is 373 g/mol. The minimum atomic E-state index is -0.194. The smallest absolute Gasteiger partial charge is 0.233 e. The lowest BCUT2D eigenvalue weighted by Gasteiger charge is -2.17. The molecule has 0 unspecified atom stereocenters. The molecule has 4 rings (SSSR count). The Morgan fingerprint density at radius 3 is 2.42 bits per heavy atom. The normalized spacial score (nSPS) is 28.7. The third-order valence-corrected chi connectivity index (χ3v) is 6.17. The summed E-state index contributed by atoms with van der Waals surface area (Å²) in [4.78, 5) is 38.5. The van der Waals surface area contributed by atoms with E-state index in [0.29, 0.717) is 18.0 Å². The van der Waals surface area contributed by atoms with E-state index in [1.165, 1.54) is 4.90 Å². The number of nitrogens with zero attached hydrogens (tertiary/aromatic N) is 1. The molecule has 0 aromatic heterocycles. The first kappa shape index (κ1) is 17.3. The summed E-state index contributed by atoms with van der Waals surface area (Å²) in [5.41, 5.74) is 0.982. The van der Waals surface area contributed by atoms with E-state index in [1.54, 1.807) is 0 Å². The van der Waals surface area contributed by atoms with E-state index >= 15 is 0 Å². The molecule has 6 heteroatoms. The molecule has 1 saturated heterocycles. The number of hydrogen-bond donors (Lipinski definition) is 1. The lowest BCUT2D eigenvalue weighted by Crippen LogP contribution is -2.37. The van der Waals surface area contributed by atoms with Gasteiger partial charge >= 0.3 is 0 Å². The zero-order valence-corrected chi connectivity index (χ0v) is 15.1. The number of benzene rings is 1. The number of carbonyl (C=O) groups excluding carboxylic acids is 3. The fourth-order valence-corrected chi connectivity index (χ4v) is 4.75. The molecular formula is C20H21ClN2O3. The van der Waals surface area contributed by atoms with Crippen LogP contribution in [0.2, 0.25) is 5.02 Å². The first-order chi connectivity index (χ1) is 12.6. The fraction of sp³-hybridized carbons (Fsp3) is 0.450. The third kappa shape index (κ3) is 2.94. The predicted molar refractivity (Wildman–Crippen MR) is 97.2 cm³/mol. The molecule has 1 saturated carbocycles. The summed E-state index contributed by atoms with van der Waals surface area (Å²) < 4.78 is 0. The highest BCUT2D eigenvalue weighted by atomic mass is 35.5. The topological polar surface area (TPSA) is 66.5 Å². The van der Waals surface area contributed by atoms with E-state index in [1.807, 2.05) is 24.3 Å². The van der Waals surface area contributed by atoms with Gasteiger partial charge in [-0.1, -0.05) is 42.0 Å². The quantitative estimate of drug-likeness (QED) is 0.615. The van der Waals surface area contributed by atoms with Crippen molar-refractivity contribution in [1.82, 2.24) is 10.2 Å². The highest BCUT2D eigenvalue weighted by Crippen LogP contribution is 2.52. The molecule has 4 atom stereocenters. The van der Waals surface area contributed by atoms with Crippen molar-refractivity contribution in [2.45, 2.75) is 19.3 Å². The van der Waals surface area contributed by atoms with Crippen LogP contribution in [0.3, 0.4) is 0 Å². The Kier molecular flexibility index (Phi) is 4.57. The Hall–Kier alpha value is -2.14. The van der Waals surface area contributed by atoms with Crippen LogP contribution in [-0.2, 0) is 20.8 Å². The zero-order valence-electron chi connectivity index (χ0n) is 14.4. The number of hydrogen-bond acceptors (Lipinski definition) is 3. The van der Waals surface area contributed by atoms with Gasteiger partial charge in [0, 0.05) is 24.5 Å². The van der Waals surface area contributed by atoms with Crippen molar-refractivity contribution in [2.75, 3.05) is 13.1 Å². The predicted octanol–water partition coefficient (Wildman–Crippen LogP) is 2.20. The van der Waals surface area contributed by atoms with E-state index in [0.717, 1.165) is 12.0 Å². The lowest BCUT2D eigenvalue weighted by atomic mass is 9.85. The lowest BCUT2D eigenvalue weighted by molar-refractivity contribution is -0.141. The zero-order chi connectivity index (χ0) is 18.3. The molecule has 3 amide bonds. The molecular weight excluding hydrogens is 352 g/mol. The van der Waals surface area contributed by atoms with Crippen molar-refractivity contribution in [3.05, 3.63) is 47.0 Å². The monoisotopic (exact) mass is 372 g/mol. The molecule has 1 aromatic carbocycles. The van der Waals surface area contributed by atoms with Crippen molar-refractivity contribution in [3.8, 4) is 0 Å². The number of amides is 3. The maximum atomic E-state index is 12.6. The van der Waals surface area contributed by atoms with Crippen LogP contribution in [0, 0.1) is 23.7 Å². The number of carbonyl (C=O) groups is 3. The van der Waals surface area contributed by atoms with Crippen LogP contribution in [0.25, 0.3) is 0 Å². The molecule has 2 aliphatic carbocycles. The molecule has 0 radical (unpaired) electrons. The van der Waals surface area contributed by atoms with Crippen molar-refractivity contribution in [1.29, 1.82) is 0 Å². The van der Waals surface area contributed by atoms with Gasteiger partial charge in [-0.2, -0.15) is 0 Å². The molecule has 1 N–H and O–H groups in total. The highest BCUT2D eigenvalue weighted by Gasteiger charge is 2.58. The Morgan fingerprint density at radius 1 is 1.12 bits per heavy atom. The first-order valence-electron chi connectivity index (χ1n) is 9.10. The Labute approximate surface area is 157 Å². The molecule has 5 nitrogen and oxygen atoms in total. The molecule has 2 fully saturated rings. The van der Waals surface area contributed by atoms with Crippen LogP contribution in [0.5, 0.6) is 0 Å². The van der Waals surface area contributed by atoms with Crippen molar-refractivity contribution >= 4 is 29.3 Å². The minimum Gasteiger partial charge on any atom is -0.356 e. The molecule has 0 spiro atoms. The highest BCUT2D eigenvalue weighted by molar-refractivity contribution is 6.31. The van der Waals surface area contributed by atoms with Gasteiger partial charge < -0.3 is 5.32 Å². The summed E-state index contributed by atoms with van der Waals surface area (Å²) in [7, 11) is 0. The summed E-state index contributed by atoms with van der Waals surface area (Å²) >= 11 is 6.09. The number of fused-ring (bicyclic) bond motifs is 5. The molecule has 1 aromatic rings.